The van der Waals surface area contributed by atoms with Crippen molar-refractivity contribution in [3.8, 4) is 0 Å². The van der Waals surface area contributed by atoms with Crippen LogP contribution in [-0.2, 0) is 29.4 Å². The van der Waals surface area contributed by atoms with Gasteiger partial charge in [0.1, 0.15) is 17.6 Å². The van der Waals surface area contributed by atoms with Gasteiger partial charge in [-0.3, -0.25) is 23.9 Å². The molecule has 1 aromatic carbocycles. The maximum atomic E-state index is 13.7. The van der Waals surface area contributed by atoms with Crippen molar-refractivity contribution in [2.45, 2.75) is 88.3 Å². The van der Waals surface area contributed by atoms with Gasteiger partial charge in [-0.1, -0.05) is 43.0 Å². The van der Waals surface area contributed by atoms with Crippen LogP contribution in [-0.4, -0.2) is 61.1 Å². The van der Waals surface area contributed by atoms with Crippen molar-refractivity contribution < 1.29 is 27.6 Å². The minimum absolute atomic E-state index is 0.0622. The quantitative estimate of drug-likeness (QED) is 0.359. The molecule has 1 saturated heterocycles. The lowest BCUT2D eigenvalue weighted by Crippen LogP contribution is -2.58. The number of nitrogens with zero attached hydrogens (tertiary/aromatic N) is 1. The highest BCUT2D eigenvalue weighted by Gasteiger charge is 2.61. The fraction of sp³-hybridized carbons (Fsp3) is 0.586. The predicted molar refractivity (Wildman–Crippen MR) is 157 cm³/mol. The highest BCUT2D eigenvalue weighted by molar-refractivity contribution is 7.91. The summed E-state index contributed by atoms with van der Waals surface area (Å²) < 4.78 is 30.0. The van der Waals surface area contributed by atoms with Gasteiger partial charge in [-0.05, 0) is 75.6 Å². The van der Waals surface area contributed by atoms with Crippen molar-refractivity contribution in [3.05, 3.63) is 41.4 Å². The van der Waals surface area contributed by atoms with Crippen LogP contribution in [0.3, 0.4) is 0 Å². The average Bonchev–Trinajstić information content (AvgIpc) is 3.36. The van der Waals surface area contributed by atoms with Crippen molar-refractivity contribution >= 4 is 51.1 Å². The lowest BCUT2D eigenvalue weighted by Gasteiger charge is -2.32. The Morgan fingerprint density at radius 2 is 1.74 bits per heavy atom. The van der Waals surface area contributed by atoms with E-state index in [0.717, 1.165) is 44.9 Å². The predicted octanol–water partition coefficient (Wildman–Crippen LogP) is 2.78. The molecule has 2 aliphatic carbocycles. The summed E-state index contributed by atoms with van der Waals surface area (Å²) in [6.45, 7) is 0.370. The average molecular weight is 620 g/mol. The zero-order valence-electron chi connectivity index (χ0n) is 23.4. The molecular weight excluding hydrogens is 582 g/mol. The van der Waals surface area contributed by atoms with Crippen LogP contribution in [0.2, 0.25) is 5.02 Å². The summed E-state index contributed by atoms with van der Waals surface area (Å²) in [5.41, 5.74) is -1.24. The van der Waals surface area contributed by atoms with E-state index >= 15 is 0 Å². The zero-order valence-corrected chi connectivity index (χ0v) is 25.0. The van der Waals surface area contributed by atoms with E-state index in [4.69, 9.17) is 11.6 Å². The smallest absolute Gasteiger partial charge is 0.323 e. The van der Waals surface area contributed by atoms with Gasteiger partial charge < -0.3 is 15.5 Å². The Morgan fingerprint density at radius 3 is 2.45 bits per heavy atom. The third-order valence-electron chi connectivity index (χ3n) is 8.75. The molecule has 13 heteroatoms. The van der Waals surface area contributed by atoms with E-state index in [1.54, 1.807) is 0 Å². The van der Waals surface area contributed by atoms with Crippen LogP contribution in [0.15, 0.2) is 36.4 Å². The van der Waals surface area contributed by atoms with Gasteiger partial charge in [-0.2, -0.15) is 8.42 Å². The molecule has 228 valence electrons. The molecule has 2 saturated carbocycles. The summed E-state index contributed by atoms with van der Waals surface area (Å²) in [7, 11) is -4.31. The molecule has 42 heavy (non-hydrogen) atoms. The molecule has 5 rings (SSSR count). The molecule has 2 heterocycles. The van der Waals surface area contributed by atoms with Gasteiger partial charge in [0.05, 0.1) is 5.69 Å². The Morgan fingerprint density at radius 1 is 0.976 bits per heavy atom. The highest BCUT2D eigenvalue weighted by Crippen LogP contribution is 2.45. The van der Waals surface area contributed by atoms with Gasteiger partial charge in [0, 0.05) is 23.4 Å². The van der Waals surface area contributed by atoms with Crippen LogP contribution < -0.4 is 20.1 Å². The maximum Gasteiger partial charge on any atom is 0.323 e. The Bertz CT molecular complexity index is 1350. The standard InChI is InChI=1S/C29H38ClN5O6S/c30-21-13-15-22(16-14-21)33-42(40,41)34-28(39)29-18-20(29)10-4-2-1-3-5-11-23(31-25(36)19-8-6-9-19)27(38)35-17-7-12-24(35)26(37)32-29/h4,10,13-16,19-20,23-24,33H,1-3,5-9,11-12,17-18H2,(H,31,36)(H,32,37)(H,34,39)/b10-4-/t20-,23+,24+,29-/m1/s1. The monoisotopic (exact) mass is 619 g/mol. The molecule has 0 bridgehead atoms. The number of amides is 4. The molecule has 4 atom stereocenters. The topological polar surface area (TPSA) is 154 Å². The number of carbonyl (C=O) groups is 4. The first-order valence-corrected chi connectivity index (χ1v) is 16.6. The first kappa shape index (κ1) is 30.3. The van der Waals surface area contributed by atoms with Crippen LogP contribution in [0.4, 0.5) is 5.69 Å². The van der Waals surface area contributed by atoms with Crippen LogP contribution in [0.25, 0.3) is 0 Å². The van der Waals surface area contributed by atoms with Crippen molar-refractivity contribution in [1.29, 1.82) is 0 Å². The molecule has 1 aromatic rings. The lowest BCUT2D eigenvalue weighted by atomic mass is 9.84. The Balaban J connectivity index is 1.33. The van der Waals surface area contributed by atoms with Gasteiger partial charge in [-0.15, -0.1) is 0 Å². The normalized spacial score (nSPS) is 29.5. The van der Waals surface area contributed by atoms with Crippen molar-refractivity contribution in [1.82, 2.24) is 20.3 Å². The van der Waals surface area contributed by atoms with Crippen LogP contribution in [0, 0.1) is 11.8 Å². The Hall–Kier alpha value is -3.12. The van der Waals surface area contributed by atoms with Crippen molar-refractivity contribution in [3.63, 3.8) is 0 Å². The number of halogens is 1. The summed E-state index contributed by atoms with van der Waals surface area (Å²) in [4.78, 5) is 55.1. The number of benzene rings is 1. The molecule has 0 aromatic heterocycles. The largest absolute Gasteiger partial charge is 0.344 e. The SMILES string of the molecule is O=C(N[C@H]1CCCCC/C=C\[C@@H]2C[C@@]2(C(=O)NS(=O)(=O)Nc2ccc(Cl)cc2)NC(=O)[C@@H]2CCCN2C1=O)C1CCC1. The first-order valence-electron chi connectivity index (χ1n) is 14.8. The number of anilines is 1. The second-order valence-electron chi connectivity index (χ2n) is 11.8. The van der Waals surface area contributed by atoms with Crippen LogP contribution in [0.1, 0.15) is 70.6 Å². The molecule has 4 amide bonds. The third-order valence-corrected chi connectivity index (χ3v) is 9.96. The number of carbonyl (C=O) groups excluding carboxylic acids is 4. The number of hydrogen-bond acceptors (Lipinski definition) is 6. The van der Waals surface area contributed by atoms with E-state index in [1.807, 2.05) is 12.2 Å². The number of nitrogens with one attached hydrogen (secondary N) is 4. The third kappa shape index (κ3) is 6.91. The Kier molecular flexibility index (Phi) is 9.12. The molecule has 4 aliphatic rings. The van der Waals surface area contributed by atoms with Crippen molar-refractivity contribution in [2.24, 2.45) is 11.8 Å². The summed E-state index contributed by atoms with van der Waals surface area (Å²) >= 11 is 5.87. The first-order chi connectivity index (χ1) is 20.1. The second kappa shape index (κ2) is 12.6. The summed E-state index contributed by atoms with van der Waals surface area (Å²) in [5, 5.41) is 6.21. The van der Waals surface area contributed by atoms with Crippen LogP contribution in [0.5, 0.6) is 0 Å². The van der Waals surface area contributed by atoms with E-state index in [0.29, 0.717) is 30.8 Å². The fourth-order valence-corrected chi connectivity index (χ4v) is 7.01. The van der Waals surface area contributed by atoms with E-state index in [2.05, 4.69) is 20.1 Å². The maximum absolute atomic E-state index is 13.7. The fourth-order valence-electron chi connectivity index (χ4n) is 5.97. The van der Waals surface area contributed by atoms with Gasteiger partial charge in [0.2, 0.25) is 17.7 Å². The number of fused-ring (bicyclic) bond motifs is 2. The molecule has 0 radical (unpaired) electrons. The van der Waals surface area contributed by atoms with E-state index in [-0.39, 0.29) is 29.8 Å². The molecule has 3 fully saturated rings. The van der Waals surface area contributed by atoms with E-state index in [9.17, 15) is 27.6 Å². The number of hydrogen-bond donors (Lipinski definition) is 4. The number of allylic oxidation sites excluding steroid dienone is 1. The van der Waals surface area contributed by atoms with Gasteiger partial charge in [0.15, 0.2) is 0 Å². The van der Waals surface area contributed by atoms with Gasteiger partial charge in [0.25, 0.3) is 5.91 Å². The summed E-state index contributed by atoms with van der Waals surface area (Å²) in [6, 6.07) is 4.44. The van der Waals surface area contributed by atoms with Gasteiger partial charge in [-0.25, -0.2) is 4.72 Å². The Labute approximate surface area is 251 Å². The minimum Gasteiger partial charge on any atom is -0.344 e. The van der Waals surface area contributed by atoms with Crippen molar-refractivity contribution in [2.75, 3.05) is 11.3 Å². The molecular formula is C29H38ClN5O6S. The minimum atomic E-state index is -4.31. The summed E-state index contributed by atoms with van der Waals surface area (Å²) in [5.74, 6) is -2.20. The molecule has 11 nitrogen and oxygen atoms in total. The second-order valence-corrected chi connectivity index (χ2v) is 13.6. The lowest BCUT2D eigenvalue weighted by molar-refractivity contribution is -0.143. The van der Waals surface area contributed by atoms with E-state index < -0.39 is 45.6 Å². The van der Waals surface area contributed by atoms with Gasteiger partial charge >= 0.3 is 10.2 Å². The van der Waals surface area contributed by atoms with Crippen LogP contribution >= 0.6 is 11.6 Å². The zero-order chi connectivity index (χ0) is 29.9. The van der Waals surface area contributed by atoms with E-state index in [1.165, 1.54) is 29.2 Å². The molecule has 0 spiro atoms. The molecule has 2 aliphatic heterocycles. The molecule has 0 unspecified atom stereocenters. The highest BCUT2D eigenvalue weighted by atomic mass is 35.5. The summed E-state index contributed by atoms with van der Waals surface area (Å²) in [6.07, 6.45) is 11.4. The number of rotatable bonds is 6. The molecule has 4 N–H and O–H groups in total.